The van der Waals surface area contributed by atoms with Gasteiger partial charge >= 0.3 is 12.1 Å². The second-order valence-electron chi connectivity index (χ2n) is 9.55. The average molecular weight is 438 g/mol. The molecule has 1 N–H and O–H groups in total. The Labute approximate surface area is 181 Å². The maximum Gasteiger partial charge on any atom is 0.420 e. The monoisotopic (exact) mass is 437 g/mol. The number of halogens is 3. The van der Waals surface area contributed by atoms with Gasteiger partial charge in [-0.25, -0.2) is 0 Å². The summed E-state index contributed by atoms with van der Waals surface area (Å²) in [5.41, 5.74) is -0.0381. The molecule has 0 spiro atoms. The fourth-order valence-corrected chi connectivity index (χ4v) is 4.45. The van der Waals surface area contributed by atoms with Crippen LogP contribution in [-0.2, 0) is 11.0 Å². The average Bonchev–Trinajstić information content (AvgIpc) is 2.65. The summed E-state index contributed by atoms with van der Waals surface area (Å²) in [7, 11) is 1.59. The highest BCUT2D eigenvalue weighted by Gasteiger charge is 2.38. The number of likely N-dealkylation sites (N-methyl/N-ethyl adjacent to an activating group) is 1. The standard InChI is InChI=1S/C24H30F3NO3/c1-23(2,3)16-6-9-18(10-7-16)31-20-12-5-15-13-17(28(4)14-21(29)30)8-11-19(15)22(20)24(25,26)27/h5,8,11-13,16,18H,6-7,9-10,14H2,1-4H3,(H,29,30). The lowest BCUT2D eigenvalue weighted by Gasteiger charge is -2.37. The molecule has 1 fully saturated rings. The van der Waals surface area contributed by atoms with Crippen molar-refractivity contribution in [2.45, 2.75) is 58.7 Å². The Morgan fingerprint density at radius 3 is 2.29 bits per heavy atom. The van der Waals surface area contributed by atoms with E-state index in [-0.39, 0.29) is 29.2 Å². The summed E-state index contributed by atoms with van der Waals surface area (Å²) in [4.78, 5) is 12.4. The molecule has 0 heterocycles. The smallest absolute Gasteiger partial charge is 0.420 e. The molecule has 0 aromatic heterocycles. The fourth-order valence-electron chi connectivity index (χ4n) is 4.45. The number of anilines is 1. The minimum absolute atomic E-state index is 0.0563. The van der Waals surface area contributed by atoms with Gasteiger partial charge in [0.25, 0.3) is 0 Å². The lowest BCUT2D eigenvalue weighted by atomic mass is 9.72. The van der Waals surface area contributed by atoms with E-state index < -0.39 is 17.7 Å². The highest BCUT2D eigenvalue weighted by Crippen LogP contribution is 2.44. The van der Waals surface area contributed by atoms with E-state index >= 15 is 0 Å². The molecule has 7 heteroatoms. The van der Waals surface area contributed by atoms with Crippen LogP contribution in [-0.4, -0.2) is 30.8 Å². The molecule has 2 aromatic rings. The minimum atomic E-state index is -4.56. The maximum atomic E-state index is 14.0. The van der Waals surface area contributed by atoms with Crippen molar-refractivity contribution in [3.8, 4) is 5.75 Å². The molecule has 3 rings (SSSR count). The van der Waals surface area contributed by atoms with E-state index in [1.54, 1.807) is 19.2 Å². The first-order chi connectivity index (χ1) is 14.4. The van der Waals surface area contributed by atoms with Gasteiger partial charge in [-0.15, -0.1) is 0 Å². The third-order valence-electron chi connectivity index (χ3n) is 6.25. The van der Waals surface area contributed by atoms with Gasteiger partial charge in [0.1, 0.15) is 17.9 Å². The van der Waals surface area contributed by atoms with Gasteiger partial charge in [-0.3, -0.25) is 4.79 Å². The molecule has 0 amide bonds. The molecule has 0 saturated heterocycles. The molecule has 0 atom stereocenters. The lowest BCUT2D eigenvalue weighted by Crippen LogP contribution is -2.31. The van der Waals surface area contributed by atoms with Crippen LogP contribution in [0.2, 0.25) is 0 Å². The second kappa shape index (κ2) is 8.60. The number of carboxylic acids is 1. The molecular weight excluding hydrogens is 407 g/mol. The first-order valence-electron chi connectivity index (χ1n) is 10.6. The van der Waals surface area contributed by atoms with Gasteiger partial charge in [-0.1, -0.05) is 32.9 Å². The van der Waals surface area contributed by atoms with Gasteiger partial charge < -0.3 is 14.7 Å². The van der Waals surface area contributed by atoms with Crippen LogP contribution >= 0.6 is 0 Å². The number of rotatable bonds is 5. The molecule has 1 aliphatic carbocycles. The van der Waals surface area contributed by atoms with Crippen molar-refractivity contribution in [2.75, 3.05) is 18.5 Å². The summed E-state index contributed by atoms with van der Waals surface area (Å²) in [5, 5.41) is 9.41. The summed E-state index contributed by atoms with van der Waals surface area (Å²) in [6.45, 7) is 6.36. The summed E-state index contributed by atoms with van der Waals surface area (Å²) in [6, 6.07) is 7.49. The van der Waals surface area contributed by atoms with Crippen LogP contribution in [0.5, 0.6) is 5.75 Å². The van der Waals surface area contributed by atoms with Gasteiger partial charge in [0.2, 0.25) is 0 Å². The first-order valence-corrected chi connectivity index (χ1v) is 10.6. The van der Waals surface area contributed by atoms with Crippen LogP contribution in [0.4, 0.5) is 18.9 Å². The Balaban J connectivity index is 1.89. The largest absolute Gasteiger partial charge is 0.490 e. The van der Waals surface area contributed by atoms with Crippen molar-refractivity contribution >= 4 is 22.4 Å². The minimum Gasteiger partial charge on any atom is -0.490 e. The van der Waals surface area contributed by atoms with Crippen molar-refractivity contribution in [1.82, 2.24) is 0 Å². The molecule has 170 valence electrons. The number of fused-ring (bicyclic) bond motifs is 1. The van der Waals surface area contributed by atoms with E-state index in [0.717, 1.165) is 25.7 Å². The molecule has 1 aliphatic rings. The summed E-state index contributed by atoms with van der Waals surface area (Å²) < 4.78 is 47.9. The highest BCUT2D eigenvalue weighted by atomic mass is 19.4. The number of alkyl halides is 3. The van der Waals surface area contributed by atoms with Gasteiger partial charge in [0, 0.05) is 12.7 Å². The molecule has 2 aromatic carbocycles. The van der Waals surface area contributed by atoms with Crippen LogP contribution in [0.1, 0.15) is 52.0 Å². The van der Waals surface area contributed by atoms with Crippen LogP contribution < -0.4 is 9.64 Å². The predicted octanol–water partition coefficient (Wildman–Crippen LogP) is 6.36. The zero-order chi connectivity index (χ0) is 23.0. The number of ether oxygens (including phenoxy) is 1. The van der Waals surface area contributed by atoms with E-state index in [9.17, 15) is 18.0 Å². The Morgan fingerprint density at radius 1 is 1.10 bits per heavy atom. The van der Waals surface area contributed by atoms with Gasteiger partial charge in [-0.05, 0) is 66.0 Å². The number of carboxylic acid groups (broad SMARTS) is 1. The van der Waals surface area contributed by atoms with Crippen LogP contribution in [0.25, 0.3) is 10.8 Å². The predicted molar refractivity (Wildman–Crippen MR) is 116 cm³/mol. The van der Waals surface area contributed by atoms with E-state index in [1.165, 1.54) is 23.1 Å². The Kier molecular flexibility index (Phi) is 6.44. The van der Waals surface area contributed by atoms with E-state index in [0.29, 0.717) is 17.0 Å². The molecule has 0 bridgehead atoms. The molecular formula is C24H30F3NO3. The van der Waals surface area contributed by atoms with E-state index in [1.807, 2.05) is 0 Å². The number of hydrogen-bond donors (Lipinski definition) is 1. The van der Waals surface area contributed by atoms with Crippen molar-refractivity contribution < 1.29 is 27.8 Å². The fraction of sp³-hybridized carbons (Fsp3) is 0.542. The zero-order valence-electron chi connectivity index (χ0n) is 18.4. The summed E-state index contributed by atoms with van der Waals surface area (Å²) in [5.74, 6) is -0.596. The first kappa shape index (κ1) is 23.2. The van der Waals surface area contributed by atoms with Gasteiger partial charge in [0.05, 0.1) is 6.10 Å². The van der Waals surface area contributed by atoms with E-state index in [4.69, 9.17) is 9.84 Å². The second-order valence-corrected chi connectivity index (χ2v) is 9.55. The highest BCUT2D eigenvalue weighted by molar-refractivity contribution is 5.91. The van der Waals surface area contributed by atoms with Crippen molar-refractivity contribution in [1.29, 1.82) is 0 Å². The summed E-state index contributed by atoms with van der Waals surface area (Å²) in [6.07, 6.45) is -1.40. The zero-order valence-corrected chi connectivity index (χ0v) is 18.4. The Hall–Kier alpha value is -2.44. The van der Waals surface area contributed by atoms with Crippen molar-refractivity contribution in [3.05, 3.63) is 35.9 Å². The third kappa shape index (κ3) is 5.43. The number of aliphatic carboxylic acids is 1. The number of hydrogen-bond acceptors (Lipinski definition) is 3. The Morgan fingerprint density at radius 2 is 1.74 bits per heavy atom. The van der Waals surface area contributed by atoms with Gasteiger partial charge in [-0.2, -0.15) is 13.2 Å². The third-order valence-corrected chi connectivity index (χ3v) is 6.25. The SMILES string of the molecule is CN(CC(=O)O)c1ccc2c(C(F)(F)F)c(OC3CCC(C(C)(C)C)CC3)ccc2c1. The molecule has 0 radical (unpaired) electrons. The molecule has 0 aliphatic heterocycles. The number of benzene rings is 2. The Bertz CT molecular complexity index is 941. The molecule has 31 heavy (non-hydrogen) atoms. The van der Waals surface area contributed by atoms with Crippen LogP contribution in [0, 0.1) is 11.3 Å². The number of carbonyl (C=O) groups is 1. The topological polar surface area (TPSA) is 49.8 Å². The number of nitrogens with zero attached hydrogens (tertiary/aromatic N) is 1. The van der Waals surface area contributed by atoms with E-state index in [2.05, 4.69) is 20.8 Å². The lowest BCUT2D eigenvalue weighted by molar-refractivity contribution is -0.138. The molecule has 1 saturated carbocycles. The van der Waals surface area contributed by atoms with Crippen molar-refractivity contribution in [2.24, 2.45) is 11.3 Å². The van der Waals surface area contributed by atoms with Crippen LogP contribution in [0.3, 0.4) is 0 Å². The summed E-state index contributed by atoms with van der Waals surface area (Å²) >= 11 is 0. The van der Waals surface area contributed by atoms with Crippen molar-refractivity contribution in [3.63, 3.8) is 0 Å². The normalized spacial score (nSPS) is 20.0. The van der Waals surface area contributed by atoms with Crippen LogP contribution in [0.15, 0.2) is 30.3 Å². The molecule has 0 unspecified atom stereocenters. The van der Waals surface area contributed by atoms with Gasteiger partial charge in [0.15, 0.2) is 0 Å². The maximum absolute atomic E-state index is 14.0. The molecule has 4 nitrogen and oxygen atoms in total. The quantitative estimate of drug-likeness (QED) is 0.591.